The Bertz CT molecular complexity index is 586. The van der Waals surface area contributed by atoms with Gasteiger partial charge in [0, 0.05) is 17.2 Å². The van der Waals surface area contributed by atoms with E-state index in [9.17, 15) is 4.79 Å². The average Bonchev–Trinajstić information content (AvgIpc) is 2.32. The van der Waals surface area contributed by atoms with Gasteiger partial charge in [0.05, 0.1) is 11.6 Å². The molecule has 1 aromatic carbocycles. The van der Waals surface area contributed by atoms with Gasteiger partial charge in [-0.3, -0.25) is 4.79 Å². The van der Waals surface area contributed by atoms with Crippen molar-refractivity contribution < 1.29 is 5.11 Å². The van der Waals surface area contributed by atoms with Crippen LogP contribution in [-0.4, -0.2) is 15.1 Å². The van der Waals surface area contributed by atoms with Crippen molar-refractivity contribution in [2.45, 2.75) is 16.7 Å². The van der Waals surface area contributed by atoms with E-state index in [1.165, 1.54) is 24.0 Å². The van der Waals surface area contributed by atoms with Crippen LogP contribution in [0.4, 0.5) is 0 Å². The van der Waals surface area contributed by atoms with Crippen LogP contribution < -0.4 is 5.56 Å². The molecule has 0 bridgehead atoms. The van der Waals surface area contributed by atoms with Gasteiger partial charge in [-0.25, -0.2) is 4.98 Å². The van der Waals surface area contributed by atoms with E-state index in [2.05, 4.69) is 9.97 Å². The second-order valence-electron chi connectivity index (χ2n) is 3.26. The molecule has 0 aliphatic heterocycles. The first-order valence-corrected chi connectivity index (χ1v) is 6.01. The van der Waals surface area contributed by atoms with Gasteiger partial charge in [-0.05, 0) is 17.7 Å². The Morgan fingerprint density at radius 1 is 1.41 bits per heavy atom. The number of halogens is 1. The summed E-state index contributed by atoms with van der Waals surface area (Å²) < 4.78 is 0. The van der Waals surface area contributed by atoms with Crippen LogP contribution in [0.25, 0.3) is 0 Å². The molecule has 0 spiro atoms. The van der Waals surface area contributed by atoms with Crippen molar-refractivity contribution in [3.63, 3.8) is 0 Å². The van der Waals surface area contributed by atoms with Crippen LogP contribution in [0.2, 0.25) is 5.02 Å². The molecule has 6 heteroatoms. The Morgan fingerprint density at radius 2 is 2.24 bits per heavy atom. The number of aromatic nitrogens is 2. The van der Waals surface area contributed by atoms with Gasteiger partial charge in [-0.15, -0.1) is 0 Å². The summed E-state index contributed by atoms with van der Waals surface area (Å²) in [6.07, 6.45) is 1.44. The van der Waals surface area contributed by atoms with E-state index in [1.54, 1.807) is 18.2 Å². The van der Waals surface area contributed by atoms with Crippen molar-refractivity contribution in [3.05, 3.63) is 51.4 Å². The number of nitrogens with one attached hydrogen (secondary N) is 1. The molecule has 0 saturated heterocycles. The minimum atomic E-state index is -0.203. The van der Waals surface area contributed by atoms with Gasteiger partial charge in [0.1, 0.15) is 0 Å². The highest BCUT2D eigenvalue weighted by Gasteiger charge is 2.05. The van der Waals surface area contributed by atoms with E-state index >= 15 is 0 Å². The third-order valence-electron chi connectivity index (χ3n) is 2.03. The van der Waals surface area contributed by atoms with E-state index in [4.69, 9.17) is 16.7 Å². The number of aliphatic hydroxyl groups is 1. The molecule has 0 unspecified atom stereocenters. The first kappa shape index (κ1) is 12.2. The standard InChI is InChI=1S/C11H9ClN2O2S/c12-8-5-7(6-15)1-2-9(8)17-11-13-4-3-10(16)14-11/h1-5,15H,6H2,(H,13,14,16). The maximum Gasteiger partial charge on any atom is 0.251 e. The number of nitrogens with zero attached hydrogens (tertiary/aromatic N) is 1. The van der Waals surface area contributed by atoms with Crippen LogP contribution >= 0.6 is 23.4 Å². The number of hydrogen-bond donors (Lipinski definition) is 2. The minimum Gasteiger partial charge on any atom is -0.392 e. The molecule has 2 aromatic rings. The summed E-state index contributed by atoms with van der Waals surface area (Å²) >= 11 is 7.31. The van der Waals surface area contributed by atoms with Crippen molar-refractivity contribution >= 4 is 23.4 Å². The van der Waals surface area contributed by atoms with E-state index in [0.717, 1.165) is 10.5 Å². The van der Waals surface area contributed by atoms with Gasteiger partial charge in [0.25, 0.3) is 5.56 Å². The van der Waals surface area contributed by atoms with Gasteiger partial charge in [0.2, 0.25) is 0 Å². The molecular formula is C11H9ClN2O2S. The molecule has 1 heterocycles. The maximum atomic E-state index is 11.1. The Balaban J connectivity index is 2.27. The molecule has 0 aliphatic carbocycles. The topological polar surface area (TPSA) is 66.0 Å². The number of benzene rings is 1. The highest BCUT2D eigenvalue weighted by molar-refractivity contribution is 7.99. The van der Waals surface area contributed by atoms with E-state index in [1.807, 2.05) is 0 Å². The fourth-order valence-corrected chi connectivity index (χ4v) is 2.32. The van der Waals surface area contributed by atoms with Gasteiger partial charge in [0.15, 0.2) is 5.16 Å². The Labute approximate surface area is 107 Å². The van der Waals surface area contributed by atoms with Crippen LogP contribution in [0.5, 0.6) is 0 Å². The zero-order chi connectivity index (χ0) is 12.3. The number of hydrogen-bond acceptors (Lipinski definition) is 4. The number of rotatable bonds is 3. The fourth-order valence-electron chi connectivity index (χ4n) is 1.23. The molecule has 0 amide bonds. The minimum absolute atomic E-state index is 0.0505. The van der Waals surface area contributed by atoms with Gasteiger partial charge in [-0.2, -0.15) is 0 Å². The lowest BCUT2D eigenvalue weighted by Gasteiger charge is -2.04. The summed E-state index contributed by atoms with van der Waals surface area (Å²) in [7, 11) is 0. The first-order chi connectivity index (χ1) is 8.19. The molecule has 1 aromatic heterocycles. The average molecular weight is 269 g/mol. The molecule has 17 heavy (non-hydrogen) atoms. The Hall–Kier alpha value is -1.30. The van der Waals surface area contributed by atoms with Gasteiger partial charge < -0.3 is 10.1 Å². The predicted octanol–water partition coefficient (Wildman–Crippen LogP) is 2.07. The van der Waals surface area contributed by atoms with Crippen molar-refractivity contribution in [1.29, 1.82) is 0 Å². The van der Waals surface area contributed by atoms with E-state index in [0.29, 0.717) is 10.2 Å². The van der Waals surface area contributed by atoms with Crippen LogP contribution in [0.1, 0.15) is 5.56 Å². The normalized spacial score (nSPS) is 10.5. The zero-order valence-electron chi connectivity index (χ0n) is 8.68. The summed E-state index contributed by atoms with van der Waals surface area (Å²) in [5, 5.41) is 9.96. The molecule has 0 radical (unpaired) electrons. The highest BCUT2D eigenvalue weighted by Crippen LogP contribution is 2.31. The van der Waals surface area contributed by atoms with Crippen molar-refractivity contribution in [2.24, 2.45) is 0 Å². The summed E-state index contributed by atoms with van der Waals surface area (Å²) in [6, 6.07) is 6.59. The van der Waals surface area contributed by atoms with Gasteiger partial charge >= 0.3 is 0 Å². The second-order valence-corrected chi connectivity index (χ2v) is 4.70. The smallest absolute Gasteiger partial charge is 0.251 e. The maximum absolute atomic E-state index is 11.1. The molecular weight excluding hydrogens is 260 g/mol. The third-order valence-corrected chi connectivity index (χ3v) is 3.43. The molecule has 0 saturated carbocycles. The summed E-state index contributed by atoms with van der Waals surface area (Å²) in [5.41, 5.74) is 0.541. The molecule has 88 valence electrons. The molecule has 2 rings (SSSR count). The summed E-state index contributed by atoms with van der Waals surface area (Å²) in [5.74, 6) is 0. The second kappa shape index (κ2) is 5.35. The van der Waals surface area contributed by atoms with E-state index in [-0.39, 0.29) is 12.2 Å². The summed E-state index contributed by atoms with van der Waals surface area (Å²) in [4.78, 5) is 18.5. The number of H-pyrrole nitrogens is 1. The van der Waals surface area contributed by atoms with Crippen LogP contribution in [0.15, 0.2) is 45.3 Å². The molecule has 4 nitrogen and oxygen atoms in total. The lowest BCUT2D eigenvalue weighted by molar-refractivity contribution is 0.282. The molecule has 0 atom stereocenters. The molecule has 0 aliphatic rings. The van der Waals surface area contributed by atoms with Crippen molar-refractivity contribution in [2.75, 3.05) is 0 Å². The largest absolute Gasteiger partial charge is 0.392 e. The van der Waals surface area contributed by atoms with E-state index < -0.39 is 0 Å². The predicted molar refractivity (Wildman–Crippen MR) is 66.4 cm³/mol. The highest BCUT2D eigenvalue weighted by atomic mass is 35.5. The Morgan fingerprint density at radius 3 is 2.88 bits per heavy atom. The third kappa shape index (κ3) is 3.09. The fraction of sp³-hybridized carbons (Fsp3) is 0.0909. The SMILES string of the molecule is O=c1ccnc(Sc2ccc(CO)cc2Cl)[nH]1. The lowest BCUT2D eigenvalue weighted by atomic mass is 10.2. The van der Waals surface area contributed by atoms with Crippen molar-refractivity contribution in [3.8, 4) is 0 Å². The quantitative estimate of drug-likeness (QED) is 0.837. The molecule has 2 N–H and O–H groups in total. The van der Waals surface area contributed by atoms with Crippen molar-refractivity contribution in [1.82, 2.24) is 9.97 Å². The van der Waals surface area contributed by atoms with Gasteiger partial charge in [-0.1, -0.05) is 29.4 Å². The first-order valence-electron chi connectivity index (χ1n) is 4.81. The lowest BCUT2D eigenvalue weighted by Crippen LogP contribution is -2.04. The number of aromatic amines is 1. The van der Waals surface area contributed by atoms with Crippen LogP contribution in [-0.2, 0) is 6.61 Å². The number of aliphatic hydroxyl groups excluding tert-OH is 1. The van der Waals surface area contributed by atoms with Crippen LogP contribution in [0.3, 0.4) is 0 Å². The monoisotopic (exact) mass is 268 g/mol. The summed E-state index contributed by atoms with van der Waals surface area (Å²) in [6.45, 7) is -0.0505. The Kier molecular flexibility index (Phi) is 3.83. The van der Waals surface area contributed by atoms with Crippen LogP contribution in [0, 0.1) is 0 Å². The zero-order valence-corrected chi connectivity index (χ0v) is 10.3. The molecule has 0 fully saturated rings.